The summed E-state index contributed by atoms with van der Waals surface area (Å²) in [5.74, 6) is 0.243. The standard InChI is InChI=1S/C19H25N3O3/c1-3-25-13-15-5-4-10-21(12-15)19(24)17-11-18(23)22(20-17)16-8-6-14(2)7-9-16/h6-9,11,15,20H,3-5,10,12-13H2,1-2H3/t15-/m1/s1. The summed E-state index contributed by atoms with van der Waals surface area (Å²) in [6, 6.07) is 8.98. The fourth-order valence-corrected chi connectivity index (χ4v) is 3.23. The lowest BCUT2D eigenvalue weighted by atomic mass is 9.99. The van der Waals surface area contributed by atoms with E-state index in [4.69, 9.17) is 4.74 Å². The molecule has 0 spiro atoms. The van der Waals surface area contributed by atoms with Crippen molar-refractivity contribution in [1.29, 1.82) is 0 Å². The minimum atomic E-state index is -0.227. The van der Waals surface area contributed by atoms with Crippen molar-refractivity contribution in [2.24, 2.45) is 5.92 Å². The number of aromatic nitrogens is 2. The molecular formula is C19H25N3O3. The molecule has 1 atom stereocenters. The smallest absolute Gasteiger partial charge is 0.271 e. The monoisotopic (exact) mass is 343 g/mol. The number of carbonyl (C=O) groups is 1. The van der Waals surface area contributed by atoms with Crippen molar-refractivity contribution in [3.8, 4) is 5.69 Å². The summed E-state index contributed by atoms with van der Waals surface area (Å²) in [7, 11) is 0. The van der Waals surface area contributed by atoms with E-state index in [0.29, 0.717) is 31.4 Å². The van der Waals surface area contributed by atoms with Crippen LogP contribution < -0.4 is 5.56 Å². The molecule has 0 bridgehead atoms. The molecule has 1 fully saturated rings. The summed E-state index contributed by atoms with van der Waals surface area (Å²) in [5.41, 5.74) is 1.95. The van der Waals surface area contributed by atoms with Gasteiger partial charge >= 0.3 is 0 Å². The number of aromatic amines is 1. The molecule has 134 valence electrons. The second-order valence-electron chi connectivity index (χ2n) is 6.60. The van der Waals surface area contributed by atoms with E-state index in [1.807, 2.05) is 43.0 Å². The summed E-state index contributed by atoms with van der Waals surface area (Å²) in [5, 5.41) is 2.95. The number of nitrogens with zero attached hydrogens (tertiary/aromatic N) is 2. The highest BCUT2D eigenvalue weighted by Crippen LogP contribution is 2.18. The Hall–Kier alpha value is -2.34. The number of hydrogen-bond donors (Lipinski definition) is 1. The SMILES string of the molecule is CCOC[C@@H]1CCCN(C(=O)c2cc(=O)n(-c3ccc(C)cc3)[nH]2)C1. The van der Waals surface area contributed by atoms with Gasteiger partial charge in [0.15, 0.2) is 0 Å². The van der Waals surface area contributed by atoms with Crippen LogP contribution in [-0.4, -0.2) is 46.9 Å². The van der Waals surface area contributed by atoms with Gasteiger partial charge in [-0.2, -0.15) is 0 Å². The Bertz CT molecular complexity index is 776. The predicted octanol–water partition coefficient (Wildman–Crippen LogP) is 2.36. The number of benzene rings is 1. The fraction of sp³-hybridized carbons (Fsp3) is 0.474. The number of piperidine rings is 1. The molecule has 1 saturated heterocycles. The maximum atomic E-state index is 12.8. The Kier molecular flexibility index (Phi) is 5.38. The first-order valence-electron chi connectivity index (χ1n) is 8.84. The van der Waals surface area contributed by atoms with E-state index in [1.165, 1.54) is 10.7 Å². The number of ether oxygens (including phenoxy) is 1. The van der Waals surface area contributed by atoms with Crippen LogP contribution >= 0.6 is 0 Å². The lowest BCUT2D eigenvalue weighted by Gasteiger charge is -2.32. The molecule has 25 heavy (non-hydrogen) atoms. The van der Waals surface area contributed by atoms with Crippen LogP contribution in [0.15, 0.2) is 35.1 Å². The van der Waals surface area contributed by atoms with Gasteiger partial charge < -0.3 is 9.64 Å². The lowest BCUT2D eigenvalue weighted by Crippen LogP contribution is -2.41. The minimum Gasteiger partial charge on any atom is -0.381 e. The van der Waals surface area contributed by atoms with Crippen LogP contribution in [0.2, 0.25) is 0 Å². The van der Waals surface area contributed by atoms with Gasteiger partial charge in [0.2, 0.25) is 0 Å². The van der Waals surface area contributed by atoms with Crippen molar-refractivity contribution in [1.82, 2.24) is 14.7 Å². The average molecular weight is 343 g/mol. The molecule has 1 amide bonds. The molecule has 3 rings (SSSR count). The van der Waals surface area contributed by atoms with Crippen molar-refractivity contribution in [3.63, 3.8) is 0 Å². The third-order valence-corrected chi connectivity index (χ3v) is 4.61. The number of nitrogens with one attached hydrogen (secondary N) is 1. The zero-order valence-corrected chi connectivity index (χ0v) is 14.8. The highest BCUT2D eigenvalue weighted by molar-refractivity contribution is 5.92. The Labute approximate surface area is 147 Å². The Morgan fingerprint density at radius 3 is 2.80 bits per heavy atom. The van der Waals surface area contributed by atoms with Gasteiger partial charge in [0.1, 0.15) is 5.69 Å². The molecule has 0 saturated carbocycles. The Morgan fingerprint density at radius 1 is 1.32 bits per heavy atom. The molecule has 2 heterocycles. The van der Waals surface area contributed by atoms with Gasteiger partial charge in [-0.25, -0.2) is 4.68 Å². The topological polar surface area (TPSA) is 67.3 Å². The molecule has 1 N–H and O–H groups in total. The first-order valence-corrected chi connectivity index (χ1v) is 8.84. The van der Waals surface area contributed by atoms with Gasteiger partial charge in [-0.3, -0.25) is 14.7 Å². The van der Waals surface area contributed by atoms with Crippen molar-refractivity contribution >= 4 is 5.91 Å². The number of rotatable bonds is 5. The Morgan fingerprint density at radius 2 is 2.08 bits per heavy atom. The molecular weight excluding hydrogens is 318 g/mol. The second kappa shape index (κ2) is 7.70. The number of likely N-dealkylation sites (tertiary alicyclic amines) is 1. The highest BCUT2D eigenvalue weighted by Gasteiger charge is 2.26. The van der Waals surface area contributed by atoms with E-state index in [9.17, 15) is 9.59 Å². The predicted molar refractivity (Wildman–Crippen MR) is 96.2 cm³/mol. The van der Waals surface area contributed by atoms with E-state index in [-0.39, 0.29) is 11.5 Å². The van der Waals surface area contributed by atoms with Crippen LogP contribution in [0.4, 0.5) is 0 Å². The zero-order valence-electron chi connectivity index (χ0n) is 14.8. The van der Waals surface area contributed by atoms with Gasteiger partial charge in [-0.1, -0.05) is 17.7 Å². The molecule has 6 nitrogen and oxygen atoms in total. The molecule has 0 aliphatic carbocycles. The van der Waals surface area contributed by atoms with Gasteiger partial charge in [-0.05, 0) is 44.7 Å². The van der Waals surface area contributed by atoms with Crippen LogP contribution in [0.25, 0.3) is 5.69 Å². The number of carbonyl (C=O) groups excluding carboxylic acids is 1. The number of H-pyrrole nitrogens is 1. The van der Waals surface area contributed by atoms with Crippen LogP contribution in [0.5, 0.6) is 0 Å². The first-order chi connectivity index (χ1) is 12.1. The van der Waals surface area contributed by atoms with Crippen molar-refractivity contribution in [2.45, 2.75) is 26.7 Å². The average Bonchev–Trinajstić information content (AvgIpc) is 3.02. The van der Waals surface area contributed by atoms with Gasteiger partial charge in [-0.15, -0.1) is 0 Å². The van der Waals surface area contributed by atoms with Crippen LogP contribution in [0, 0.1) is 12.8 Å². The van der Waals surface area contributed by atoms with E-state index in [0.717, 1.165) is 30.6 Å². The zero-order chi connectivity index (χ0) is 17.8. The van der Waals surface area contributed by atoms with Crippen LogP contribution in [-0.2, 0) is 4.74 Å². The van der Waals surface area contributed by atoms with Crippen LogP contribution in [0.1, 0.15) is 35.8 Å². The molecule has 0 unspecified atom stereocenters. The van der Waals surface area contributed by atoms with E-state index in [2.05, 4.69) is 5.10 Å². The molecule has 1 aromatic carbocycles. The quantitative estimate of drug-likeness (QED) is 0.906. The maximum absolute atomic E-state index is 12.8. The minimum absolute atomic E-state index is 0.121. The largest absolute Gasteiger partial charge is 0.381 e. The molecule has 1 aliphatic heterocycles. The second-order valence-corrected chi connectivity index (χ2v) is 6.60. The molecule has 6 heteroatoms. The number of amides is 1. The summed E-state index contributed by atoms with van der Waals surface area (Å²) in [4.78, 5) is 26.8. The number of hydrogen-bond acceptors (Lipinski definition) is 3. The van der Waals surface area contributed by atoms with E-state index in [1.54, 1.807) is 0 Å². The van der Waals surface area contributed by atoms with Crippen LogP contribution in [0.3, 0.4) is 0 Å². The molecule has 2 aromatic rings. The van der Waals surface area contributed by atoms with E-state index >= 15 is 0 Å². The third-order valence-electron chi connectivity index (χ3n) is 4.61. The third kappa shape index (κ3) is 4.02. The summed E-state index contributed by atoms with van der Waals surface area (Å²) >= 11 is 0. The molecule has 1 aliphatic rings. The highest BCUT2D eigenvalue weighted by atomic mass is 16.5. The lowest BCUT2D eigenvalue weighted by molar-refractivity contribution is 0.0496. The maximum Gasteiger partial charge on any atom is 0.271 e. The molecule has 0 radical (unpaired) electrons. The van der Waals surface area contributed by atoms with E-state index < -0.39 is 0 Å². The summed E-state index contributed by atoms with van der Waals surface area (Å²) in [6.07, 6.45) is 2.04. The first kappa shape index (κ1) is 17.5. The van der Waals surface area contributed by atoms with Gasteiger partial charge in [0.25, 0.3) is 11.5 Å². The van der Waals surface area contributed by atoms with Crippen molar-refractivity contribution in [2.75, 3.05) is 26.3 Å². The van der Waals surface area contributed by atoms with Gasteiger partial charge in [0, 0.05) is 25.8 Å². The fourth-order valence-electron chi connectivity index (χ4n) is 3.23. The Balaban J connectivity index is 1.75. The van der Waals surface area contributed by atoms with Gasteiger partial charge in [0.05, 0.1) is 12.3 Å². The van der Waals surface area contributed by atoms with Crippen molar-refractivity contribution < 1.29 is 9.53 Å². The number of aryl methyl sites for hydroxylation is 1. The summed E-state index contributed by atoms with van der Waals surface area (Å²) in [6.45, 7) is 6.74. The summed E-state index contributed by atoms with van der Waals surface area (Å²) < 4.78 is 6.91. The molecule has 1 aromatic heterocycles. The van der Waals surface area contributed by atoms with Crippen molar-refractivity contribution in [3.05, 3.63) is 51.9 Å². The normalized spacial score (nSPS) is 17.7.